The molecule has 1 aliphatic carbocycles. The second-order valence-corrected chi connectivity index (χ2v) is 6.65. The van der Waals surface area contributed by atoms with Gasteiger partial charge in [-0.25, -0.2) is 0 Å². The van der Waals surface area contributed by atoms with E-state index in [4.69, 9.17) is 28.9 Å². The quantitative estimate of drug-likeness (QED) is 0.819. The van der Waals surface area contributed by atoms with Crippen LogP contribution < -0.4 is 5.73 Å². The van der Waals surface area contributed by atoms with Gasteiger partial charge in [0, 0.05) is 22.5 Å². The molecule has 2 nitrogen and oxygen atoms in total. The van der Waals surface area contributed by atoms with E-state index in [1.54, 1.807) is 12.1 Å². The van der Waals surface area contributed by atoms with Gasteiger partial charge in [-0.15, -0.1) is 0 Å². The predicted octanol–water partition coefficient (Wildman–Crippen LogP) is 4.37. The van der Waals surface area contributed by atoms with Crippen molar-refractivity contribution in [3.8, 4) is 0 Å². The first-order chi connectivity index (χ1) is 9.61. The Morgan fingerprint density at radius 2 is 1.95 bits per heavy atom. The van der Waals surface area contributed by atoms with Crippen molar-refractivity contribution in [2.24, 2.45) is 11.7 Å². The molecule has 2 atom stereocenters. The number of aliphatic hydroxyl groups excluding tert-OH is 1. The average molecular weight is 316 g/mol. The molecule has 0 radical (unpaired) electrons. The molecule has 1 aromatic rings. The molecular formula is C16H23Cl2NO. The molecule has 1 aromatic carbocycles. The first kappa shape index (κ1) is 16.1. The van der Waals surface area contributed by atoms with Gasteiger partial charge in [-0.2, -0.15) is 0 Å². The Labute approximate surface area is 131 Å². The van der Waals surface area contributed by atoms with Crippen LogP contribution in [0.4, 0.5) is 0 Å². The van der Waals surface area contributed by atoms with Crippen LogP contribution in [0, 0.1) is 5.92 Å². The van der Waals surface area contributed by atoms with Gasteiger partial charge in [0.2, 0.25) is 0 Å². The summed E-state index contributed by atoms with van der Waals surface area (Å²) in [7, 11) is 0. The fourth-order valence-electron chi connectivity index (χ4n) is 3.20. The summed E-state index contributed by atoms with van der Waals surface area (Å²) in [5.74, 6) is 0.671. The third-order valence-corrected chi connectivity index (χ3v) is 4.99. The lowest BCUT2D eigenvalue weighted by molar-refractivity contribution is 0.127. The lowest BCUT2D eigenvalue weighted by atomic mass is 9.88. The SMILES string of the molecule is NCC(c1ccc(Cl)cc1Cl)C(O)CCC1CCCC1. The zero-order valence-electron chi connectivity index (χ0n) is 11.7. The summed E-state index contributed by atoms with van der Waals surface area (Å²) in [5.41, 5.74) is 6.75. The van der Waals surface area contributed by atoms with Crippen LogP contribution in [0.25, 0.3) is 0 Å². The Morgan fingerprint density at radius 1 is 1.25 bits per heavy atom. The van der Waals surface area contributed by atoms with E-state index in [1.807, 2.05) is 6.07 Å². The zero-order valence-corrected chi connectivity index (χ0v) is 13.2. The molecule has 112 valence electrons. The van der Waals surface area contributed by atoms with Crippen LogP contribution in [0.5, 0.6) is 0 Å². The third-order valence-electron chi connectivity index (χ3n) is 4.43. The Bertz CT molecular complexity index is 432. The van der Waals surface area contributed by atoms with E-state index in [2.05, 4.69) is 0 Å². The maximum Gasteiger partial charge on any atom is 0.0621 e. The van der Waals surface area contributed by atoms with Crippen LogP contribution >= 0.6 is 23.2 Å². The summed E-state index contributed by atoms with van der Waals surface area (Å²) in [4.78, 5) is 0. The van der Waals surface area contributed by atoms with E-state index in [9.17, 15) is 5.11 Å². The summed E-state index contributed by atoms with van der Waals surface area (Å²) in [6, 6.07) is 5.39. The van der Waals surface area contributed by atoms with E-state index in [-0.39, 0.29) is 5.92 Å². The van der Waals surface area contributed by atoms with E-state index in [1.165, 1.54) is 25.7 Å². The molecule has 0 bridgehead atoms. The molecule has 1 fully saturated rings. The summed E-state index contributed by atoms with van der Waals surface area (Å²) in [6.07, 6.45) is 6.74. The van der Waals surface area contributed by atoms with Gasteiger partial charge in [-0.1, -0.05) is 55.0 Å². The van der Waals surface area contributed by atoms with Crippen molar-refractivity contribution in [1.29, 1.82) is 0 Å². The van der Waals surface area contributed by atoms with Gasteiger partial charge in [0.1, 0.15) is 0 Å². The van der Waals surface area contributed by atoms with Crippen molar-refractivity contribution in [1.82, 2.24) is 0 Å². The minimum atomic E-state index is -0.431. The molecule has 2 unspecified atom stereocenters. The minimum Gasteiger partial charge on any atom is -0.392 e. The van der Waals surface area contributed by atoms with Crippen molar-refractivity contribution < 1.29 is 5.11 Å². The second kappa shape index (κ2) is 7.65. The second-order valence-electron chi connectivity index (χ2n) is 5.80. The van der Waals surface area contributed by atoms with Crippen LogP contribution in [-0.2, 0) is 0 Å². The van der Waals surface area contributed by atoms with Crippen LogP contribution in [-0.4, -0.2) is 17.8 Å². The fraction of sp³-hybridized carbons (Fsp3) is 0.625. The third kappa shape index (κ3) is 4.11. The molecule has 0 aliphatic heterocycles. The summed E-state index contributed by atoms with van der Waals surface area (Å²) in [5, 5.41) is 11.6. The Hall–Kier alpha value is -0.280. The molecule has 1 saturated carbocycles. The Kier molecular flexibility index (Phi) is 6.16. The van der Waals surface area contributed by atoms with Crippen LogP contribution in [0.15, 0.2) is 18.2 Å². The van der Waals surface area contributed by atoms with Crippen molar-refractivity contribution >= 4 is 23.2 Å². The minimum absolute atomic E-state index is 0.110. The molecule has 0 spiro atoms. The van der Waals surface area contributed by atoms with Gasteiger partial charge in [-0.05, 0) is 36.5 Å². The van der Waals surface area contributed by atoms with E-state index >= 15 is 0 Å². The van der Waals surface area contributed by atoms with Crippen LogP contribution in [0.1, 0.15) is 50.0 Å². The van der Waals surface area contributed by atoms with Crippen LogP contribution in [0.2, 0.25) is 10.0 Å². The molecule has 2 rings (SSSR count). The Morgan fingerprint density at radius 3 is 2.55 bits per heavy atom. The largest absolute Gasteiger partial charge is 0.392 e. The van der Waals surface area contributed by atoms with Gasteiger partial charge in [0.15, 0.2) is 0 Å². The highest BCUT2D eigenvalue weighted by molar-refractivity contribution is 6.35. The van der Waals surface area contributed by atoms with Crippen molar-refractivity contribution in [3.05, 3.63) is 33.8 Å². The fourth-order valence-corrected chi connectivity index (χ4v) is 3.75. The number of hydrogen-bond acceptors (Lipinski definition) is 2. The summed E-state index contributed by atoms with van der Waals surface area (Å²) < 4.78 is 0. The molecule has 0 amide bonds. The zero-order chi connectivity index (χ0) is 14.5. The smallest absolute Gasteiger partial charge is 0.0621 e. The number of hydrogen-bond donors (Lipinski definition) is 2. The number of halogens is 2. The number of nitrogens with two attached hydrogens (primary N) is 1. The highest BCUT2D eigenvalue weighted by Gasteiger charge is 2.24. The normalized spacial score (nSPS) is 19.2. The van der Waals surface area contributed by atoms with Gasteiger partial charge < -0.3 is 10.8 Å². The van der Waals surface area contributed by atoms with E-state index in [0.717, 1.165) is 24.3 Å². The highest BCUT2D eigenvalue weighted by atomic mass is 35.5. The van der Waals surface area contributed by atoms with Crippen LogP contribution in [0.3, 0.4) is 0 Å². The molecule has 0 aromatic heterocycles. The first-order valence-corrected chi connectivity index (χ1v) is 8.20. The molecule has 0 heterocycles. The van der Waals surface area contributed by atoms with Gasteiger partial charge >= 0.3 is 0 Å². The summed E-state index contributed by atoms with van der Waals surface area (Å²) >= 11 is 12.1. The first-order valence-electron chi connectivity index (χ1n) is 7.45. The van der Waals surface area contributed by atoms with Crippen molar-refractivity contribution in [2.75, 3.05) is 6.54 Å². The van der Waals surface area contributed by atoms with Gasteiger partial charge in [0.05, 0.1) is 6.10 Å². The molecular weight excluding hydrogens is 293 g/mol. The lowest BCUT2D eigenvalue weighted by Crippen LogP contribution is -2.26. The molecule has 0 saturated heterocycles. The van der Waals surface area contributed by atoms with Crippen molar-refractivity contribution in [2.45, 2.75) is 50.5 Å². The van der Waals surface area contributed by atoms with E-state index in [0.29, 0.717) is 16.6 Å². The maximum atomic E-state index is 10.4. The topological polar surface area (TPSA) is 46.2 Å². The Balaban J connectivity index is 1.98. The molecule has 1 aliphatic rings. The van der Waals surface area contributed by atoms with Gasteiger partial charge in [0.25, 0.3) is 0 Å². The summed E-state index contributed by atoms with van der Waals surface area (Å²) in [6.45, 7) is 0.396. The number of aliphatic hydroxyl groups is 1. The van der Waals surface area contributed by atoms with Gasteiger partial charge in [-0.3, -0.25) is 0 Å². The highest BCUT2D eigenvalue weighted by Crippen LogP contribution is 2.33. The molecule has 4 heteroatoms. The predicted molar refractivity (Wildman–Crippen MR) is 85.5 cm³/mol. The monoisotopic (exact) mass is 315 g/mol. The molecule has 3 N–H and O–H groups in total. The standard InChI is InChI=1S/C16H23Cl2NO/c17-12-6-7-13(15(18)9-12)14(10-19)16(20)8-5-11-3-1-2-4-11/h6-7,9,11,14,16,20H,1-5,8,10,19H2. The number of benzene rings is 1. The lowest BCUT2D eigenvalue weighted by Gasteiger charge is -2.24. The van der Waals surface area contributed by atoms with E-state index < -0.39 is 6.10 Å². The molecule has 20 heavy (non-hydrogen) atoms. The average Bonchev–Trinajstić information content (AvgIpc) is 2.93. The maximum absolute atomic E-state index is 10.4. The van der Waals surface area contributed by atoms with Crippen molar-refractivity contribution in [3.63, 3.8) is 0 Å². The number of rotatable bonds is 6.